The van der Waals surface area contributed by atoms with Gasteiger partial charge in [-0.1, -0.05) is 18.2 Å². The summed E-state index contributed by atoms with van der Waals surface area (Å²) in [6, 6.07) is 15.0. The summed E-state index contributed by atoms with van der Waals surface area (Å²) in [4.78, 5) is 21.1. The SMILES string of the molecule is Cc1c(NC(=O)c2cncc(Br)c2)cccc1-c1nc2ccccc2o1. The molecule has 26 heavy (non-hydrogen) atoms. The van der Waals surface area contributed by atoms with E-state index in [2.05, 4.69) is 31.2 Å². The maximum Gasteiger partial charge on any atom is 0.257 e. The van der Waals surface area contributed by atoms with Gasteiger partial charge in [0.2, 0.25) is 5.89 Å². The number of hydrogen-bond donors (Lipinski definition) is 1. The lowest BCUT2D eigenvalue weighted by atomic mass is 10.1. The number of aromatic nitrogens is 2. The molecular formula is C20H14BrN3O2. The number of nitrogens with zero attached hydrogens (tertiary/aromatic N) is 2. The minimum absolute atomic E-state index is 0.225. The average molecular weight is 408 g/mol. The number of halogens is 1. The molecular weight excluding hydrogens is 394 g/mol. The van der Waals surface area contributed by atoms with Gasteiger partial charge in [0.05, 0.1) is 5.56 Å². The summed E-state index contributed by atoms with van der Waals surface area (Å²) < 4.78 is 6.61. The van der Waals surface area contributed by atoms with Gasteiger partial charge in [-0.2, -0.15) is 0 Å². The lowest BCUT2D eigenvalue weighted by molar-refractivity contribution is 0.102. The summed E-state index contributed by atoms with van der Waals surface area (Å²) in [5.41, 5.74) is 4.44. The molecule has 2 aromatic carbocycles. The second-order valence-electron chi connectivity index (χ2n) is 5.81. The van der Waals surface area contributed by atoms with Crippen molar-refractivity contribution in [2.24, 2.45) is 0 Å². The van der Waals surface area contributed by atoms with Crippen molar-refractivity contribution < 1.29 is 9.21 Å². The van der Waals surface area contributed by atoms with Crippen LogP contribution in [0.2, 0.25) is 0 Å². The Kier molecular flexibility index (Phi) is 4.26. The van der Waals surface area contributed by atoms with Gasteiger partial charge in [0.25, 0.3) is 5.91 Å². The Balaban J connectivity index is 1.68. The van der Waals surface area contributed by atoms with Crippen LogP contribution in [0.3, 0.4) is 0 Å². The molecule has 1 amide bonds. The number of benzene rings is 2. The Morgan fingerprint density at radius 1 is 1.12 bits per heavy atom. The van der Waals surface area contributed by atoms with Gasteiger partial charge in [-0.25, -0.2) is 4.98 Å². The van der Waals surface area contributed by atoms with Crippen LogP contribution in [0.1, 0.15) is 15.9 Å². The largest absolute Gasteiger partial charge is 0.436 e. The van der Waals surface area contributed by atoms with Crippen LogP contribution in [0.15, 0.2) is 69.8 Å². The number of oxazole rings is 1. The summed E-state index contributed by atoms with van der Waals surface area (Å²) in [6.45, 7) is 1.93. The highest BCUT2D eigenvalue weighted by molar-refractivity contribution is 9.10. The molecule has 0 saturated heterocycles. The van der Waals surface area contributed by atoms with Crippen molar-refractivity contribution in [2.45, 2.75) is 6.92 Å². The van der Waals surface area contributed by atoms with E-state index in [0.717, 1.165) is 26.7 Å². The Morgan fingerprint density at radius 2 is 1.96 bits per heavy atom. The first kappa shape index (κ1) is 16.5. The second-order valence-corrected chi connectivity index (χ2v) is 6.73. The number of pyridine rings is 1. The highest BCUT2D eigenvalue weighted by atomic mass is 79.9. The third-order valence-corrected chi connectivity index (χ3v) is 4.51. The lowest BCUT2D eigenvalue weighted by Crippen LogP contribution is -2.13. The predicted octanol–water partition coefficient (Wildman–Crippen LogP) is 5.21. The Hall–Kier alpha value is -2.99. The highest BCUT2D eigenvalue weighted by Gasteiger charge is 2.14. The molecule has 0 radical (unpaired) electrons. The summed E-state index contributed by atoms with van der Waals surface area (Å²) in [7, 11) is 0. The number of carbonyl (C=O) groups excluding carboxylic acids is 1. The van der Waals surface area contributed by atoms with Crippen LogP contribution in [0.25, 0.3) is 22.6 Å². The molecule has 1 N–H and O–H groups in total. The van der Waals surface area contributed by atoms with Crippen LogP contribution in [-0.4, -0.2) is 15.9 Å². The van der Waals surface area contributed by atoms with Gasteiger partial charge < -0.3 is 9.73 Å². The lowest BCUT2D eigenvalue weighted by Gasteiger charge is -2.11. The van der Waals surface area contributed by atoms with Gasteiger partial charge in [-0.15, -0.1) is 0 Å². The zero-order valence-corrected chi connectivity index (χ0v) is 15.4. The fourth-order valence-corrected chi connectivity index (χ4v) is 3.09. The van der Waals surface area contributed by atoms with Crippen LogP contribution in [0.4, 0.5) is 5.69 Å². The zero-order valence-electron chi connectivity index (χ0n) is 13.9. The molecule has 4 aromatic rings. The summed E-state index contributed by atoms with van der Waals surface area (Å²) in [5.74, 6) is 0.306. The quantitative estimate of drug-likeness (QED) is 0.505. The number of amides is 1. The molecule has 2 heterocycles. The summed E-state index contributed by atoms with van der Waals surface area (Å²) in [5, 5.41) is 2.93. The van der Waals surface area contributed by atoms with Crippen LogP contribution in [0.5, 0.6) is 0 Å². The van der Waals surface area contributed by atoms with Crippen molar-refractivity contribution in [2.75, 3.05) is 5.32 Å². The smallest absolute Gasteiger partial charge is 0.257 e. The van der Waals surface area contributed by atoms with Crippen LogP contribution in [0, 0.1) is 6.92 Å². The second kappa shape index (κ2) is 6.72. The molecule has 0 bridgehead atoms. The summed E-state index contributed by atoms with van der Waals surface area (Å²) >= 11 is 3.33. The Morgan fingerprint density at radius 3 is 2.77 bits per heavy atom. The number of para-hydroxylation sites is 2. The van der Waals surface area contributed by atoms with Crippen LogP contribution in [-0.2, 0) is 0 Å². The van der Waals surface area contributed by atoms with Gasteiger partial charge in [0.1, 0.15) is 5.52 Å². The molecule has 0 fully saturated rings. The van der Waals surface area contributed by atoms with E-state index in [-0.39, 0.29) is 5.91 Å². The van der Waals surface area contributed by atoms with Crippen LogP contribution < -0.4 is 5.32 Å². The first-order valence-corrected chi connectivity index (χ1v) is 8.78. The molecule has 0 aliphatic carbocycles. The number of hydrogen-bond acceptors (Lipinski definition) is 4. The Labute approximate surface area is 158 Å². The van der Waals surface area contributed by atoms with Gasteiger partial charge in [0, 0.05) is 28.1 Å². The fraction of sp³-hybridized carbons (Fsp3) is 0.0500. The van der Waals surface area contributed by atoms with E-state index in [4.69, 9.17) is 4.42 Å². The highest BCUT2D eigenvalue weighted by Crippen LogP contribution is 2.30. The zero-order chi connectivity index (χ0) is 18.1. The van der Waals surface area contributed by atoms with Gasteiger partial charge in [0.15, 0.2) is 5.58 Å². The molecule has 0 spiro atoms. The number of carbonyl (C=O) groups is 1. The molecule has 0 unspecified atom stereocenters. The molecule has 5 nitrogen and oxygen atoms in total. The topological polar surface area (TPSA) is 68.0 Å². The molecule has 0 saturated carbocycles. The van der Waals surface area contributed by atoms with Crippen molar-refractivity contribution in [3.8, 4) is 11.5 Å². The standard InChI is InChI=1S/C20H14BrN3O2/c1-12-15(20-24-17-6-2-3-8-18(17)26-20)5-4-7-16(12)23-19(25)13-9-14(21)11-22-10-13/h2-11H,1H3,(H,23,25). The molecule has 6 heteroatoms. The minimum atomic E-state index is -0.225. The molecule has 0 atom stereocenters. The molecule has 2 aromatic heterocycles. The van der Waals surface area contributed by atoms with E-state index in [0.29, 0.717) is 17.1 Å². The van der Waals surface area contributed by atoms with Gasteiger partial charge in [-0.3, -0.25) is 9.78 Å². The monoisotopic (exact) mass is 407 g/mol. The van der Waals surface area contributed by atoms with Crippen molar-refractivity contribution in [1.29, 1.82) is 0 Å². The molecule has 0 aliphatic heterocycles. The van der Waals surface area contributed by atoms with Gasteiger partial charge in [-0.05, 0) is 58.7 Å². The molecule has 128 valence electrons. The minimum Gasteiger partial charge on any atom is -0.436 e. The van der Waals surface area contributed by atoms with Gasteiger partial charge >= 0.3 is 0 Å². The average Bonchev–Trinajstić information content (AvgIpc) is 3.07. The van der Waals surface area contributed by atoms with Crippen molar-refractivity contribution in [1.82, 2.24) is 9.97 Å². The first-order chi connectivity index (χ1) is 12.6. The number of fused-ring (bicyclic) bond motifs is 1. The number of anilines is 1. The summed E-state index contributed by atoms with van der Waals surface area (Å²) in [6.07, 6.45) is 3.16. The third-order valence-electron chi connectivity index (χ3n) is 4.07. The maximum absolute atomic E-state index is 12.5. The van der Waals surface area contributed by atoms with E-state index >= 15 is 0 Å². The predicted molar refractivity (Wildman–Crippen MR) is 104 cm³/mol. The fourth-order valence-electron chi connectivity index (χ4n) is 2.72. The number of nitrogens with one attached hydrogen (secondary N) is 1. The third kappa shape index (κ3) is 3.11. The Bertz CT molecular complexity index is 1090. The van der Waals surface area contributed by atoms with E-state index in [1.165, 1.54) is 6.20 Å². The van der Waals surface area contributed by atoms with Crippen molar-refractivity contribution >= 4 is 38.6 Å². The maximum atomic E-state index is 12.5. The van der Waals surface area contributed by atoms with Crippen LogP contribution >= 0.6 is 15.9 Å². The van der Waals surface area contributed by atoms with E-state index in [1.807, 2.05) is 49.4 Å². The van der Waals surface area contributed by atoms with Crippen molar-refractivity contribution in [3.05, 3.63) is 76.5 Å². The molecule has 4 rings (SSSR count). The molecule has 0 aliphatic rings. The van der Waals surface area contributed by atoms with E-state index < -0.39 is 0 Å². The van der Waals surface area contributed by atoms with E-state index in [9.17, 15) is 4.79 Å². The number of rotatable bonds is 3. The van der Waals surface area contributed by atoms with Crippen molar-refractivity contribution in [3.63, 3.8) is 0 Å². The normalized spacial score (nSPS) is 10.8. The first-order valence-electron chi connectivity index (χ1n) is 7.99. The van der Waals surface area contributed by atoms with E-state index in [1.54, 1.807) is 12.3 Å².